The van der Waals surface area contributed by atoms with Gasteiger partial charge in [0.15, 0.2) is 0 Å². The largest absolute Gasteiger partial charge is 0.359 e. The third-order valence-electron chi connectivity index (χ3n) is 1.84. The van der Waals surface area contributed by atoms with E-state index in [1.807, 2.05) is 13.0 Å². The minimum Gasteiger partial charge on any atom is -0.359 e. The Labute approximate surface area is 105 Å². The maximum Gasteiger partial charge on any atom is 0.224 e. The van der Waals surface area contributed by atoms with Crippen LogP contribution < -0.4 is 5.32 Å². The van der Waals surface area contributed by atoms with Crippen LogP contribution in [0, 0.1) is 12.3 Å². The lowest BCUT2D eigenvalue weighted by atomic mass is 10.1. The molecular formula is C15H23NO. The van der Waals surface area contributed by atoms with Crippen LogP contribution in [0.2, 0.25) is 0 Å². The van der Waals surface area contributed by atoms with E-state index in [2.05, 4.69) is 37.2 Å². The Hall–Kier alpha value is -1.75. The fourth-order valence-corrected chi connectivity index (χ4v) is 1.07. The molecule has 0 unspecified atom stereocenters. The van der Waals surface area contributed by atoms with E-state index in [1.165, 1.54) is 0 Å². The molecule has 0 fully saturated rings. The molecular weight excluding hydrogens is 210 g/mol. The molecule has 0 saturated heterocycles. The fourth-order valence-electron chi connectivity index (χ4n) is 1.07. The van der Waals surface area contributed by atoms with Gasteiger partial charge in [0.05, 0.1) is 6.42 Å². The molecule has 0 aromatic rings. The summed E-state index contributed by atoms with van der Waals surface area (Å²) in [5.74, 6) is 2.29. The molecule has 2 heteroatoms. The zero-order chi connectivity index (χ0) is 13.7. The number of nitrogens with one attached hydrogen (secondary N) is 1. The van der Waals surface area contributed by atoms with Crippen LogP contribution in [-0.2, 0) is 4.79 Å². The summed E-state index contributed by atoms with van der Waals surface area (Å²) in [4.78, 5) is 11.2. The van der Waals surface area contributed by atoms with Crippen molar-refractivity contribution in [1.29, 1.82) is 0 Å². The smallest absolute Gasteiger partial charge is 0.224 e. The Balaban J connectivity index is 0. The van der Waals surface area contributed by atoms with Gasteiger partial charge in [-0.2, -0.15) is 0 Å². The van der Waals surface area contributed by atoms with Crippen molar-refractivity contribution >= 4 is 5.91 Å². The Kier molecular flexibility index (Phi) is 12.8. The maximum atomic E-state index is 11.2. The molecule has 94 valence electrons. The average Bonchev–Trinajstić information content (AvgIpc) is 2.30. The van der Waals surface area contributed by atoms with Crippen molar-refractivity contribution in [2.45, 2.75) is 33.6 Å². The van der Waals surface area contributed by atoms with Gasteiger partial charge in [-0.15, -0.1) is 12.3 Å². The summed E-state index contributed by atoms with van der Waals surface area (Å²) >= 11 is 0. The normalized spacial score (nSPS) is 10.8. The van der Waals surface area contributed by atoms with Gasteiger partial charge < -0.3 is 5.32 Å². The van der Waals surface area contributed by atoms with Crippen LogP contribution in [0.5, 0.6) is 0 Å². The van der Waals surface area contributed by atoms with Gasteiger partial charge >= 0.3 is 0 Å². The summed E-state index contributed by atoms with van der Waals surface area (Å²) in [5.41, 5.74) is 2.12. The second-order valence-corrected chi connectivity index (χ2v) is 3.42. The van der Waals surface area contributed by atoms with Crippen LogP contribution in [-0.4, -0.2) is 13.0 Å². The monoisotopic (exact) mass is 233 g/mol. The number of hydrogen-bond acceptors (Lipinski definition) is 1. The van der Waals surface area contributed by atoms with Crippen molar-refractivity contribution in [3.63, 3.8) is 0 Å². The summed E-state index contributed by atoms with van der Waals surface area (Å²) in [5, 5.41) is 2.61. The molecule has 17 heavy (non-hydrogen) atoms. The maximum absolute atomic E-state index is 11.2. The molecule has 0 spiro atoms. The van der Waals surface area contributed by atoms with Crippen LogP contribution in [0.1, 0.15) is 33.6 Å². The van der Waals surface area contributed by atoms with Crippen LogP contribution in [0.3, 0.4) is 0 Å². The van der Waals surface area contributed by atoms with Crippen LogP contribution in [0.15, 0.2) is 36.0 Å². The van der Waals surface area contributed by atoms with Crippen LogP contribution in [0.25, 0.3) is 0 Å². The molecule has 0 saturated carbocycles. The molecule has 0 aliphatic heterocycles. The van der Waals surface area contributed by atoms with Gasteiger partial charge in [-0.3, -0.25) is 4.79 Å². The lowest BCUT2D eigenvalue weighted by Crippen LogP contribution is -2.17. The molecule has 0 aliphatic carbocycles. The number of terminal acetylenes is 1. The molecule has 2 nitrogen and oxygen atoms in total. The third kappa shape index (κ3) is 12.2. The third-order valence-corrected chi connectivity index (χ3v) is 1.84. The molecule has 0 rings (SSSR count). The van der Waals surface area contributed by atoms with Crippen molar-refractivity contribution in [3.05, 3.63) is 36.0 Å². The van der Waals surface area contributed by atoms with E-state index >= 15 is 0 Å². The molecule has 0 atom stereocenters. The van der Waals surface area contributed by atoms with Crippen molar-refractivity contribution in [3.8, 4) is 12.3 Å². The Morgan fingerprint density at radius 2 is 2.06 bits per heavy atom. The second kappa shape index (κ2) is 12.3. The van der Waals surface area contributed by atoms with Gasteiger partial charge in [0, 0.05) is 7.05 Å². The Bertz CT molecular complexity index is 329. The molecule has 0 radical (unpaired) electrons. The standard InChI is InChI=1S/C12H19NO.C3H4/c1-5-7-11(8-10(3)6-2)9-12(14)13-4;1-3-2/h6-8H,2,5,9H2,1,3-4H3,(H,13,14);1H,2H3/b10-8-,11-7+;. The first kappa shape index (κ1) is 17.6. The van der Waals surface area contributed by atoms with Crippen LogP contribution in [0.4, 0.5) is 0 Å². The predicted molar refractivity (Wildman–Crippen MR) is 75.5 cm³/mol. The van der Waals surface area contributed by atoms with Crippen molar-refractivity contribution in [2.75, 3.05) is 7.05 Å². The van der Waals surface area contributed by atoms with Crippen molar-refractivity contribution in [2.24, 2.45) is 0 Å². The van der Waals surface area contributed by atoms with E-state index in [-0.39, 0.29) is 5.91 Å². The van der Waals surface area contributed by atoms with Crippen molar-refractivity contribution < 1.29 is 4.79 Å². The van der Waals surface area contributed by atoms with Gasteiger partial charge in [0.1, 0.15) is 0 Å². The van der Waals surface area contributed by atoms with Crippen molar-refractivity contribution in [1.82, 2.24) is 5.32 Å². The zero-order valence-corrected chi connectivity index (χ0v) is 11.3. The van der Waals surface area contributed by atoms with E-state index < -0.39 is 0 Å². The molecule has 0 bridgehead atoms. The minimum atomic E-state index is 0.0396. The number of hydrogen-bond donors (Lipinski definition) is 1. The summed E-state index contributed by atoms with van der Waals surface area (Å²) in [6.45, 7) is 9.36. The SMILES string of the molecule is C#CC.C=C/C(C)=C\C(=C/CC)CC(=O)NC. The molecule has 0 aromatic heterocycles. The summed E-state index contributed by atoms with van der Waals surface area (Å²) in [7, 11) is 1.65. The molecule has 1 N–H and O–H groups in total. The van der Waals surface area contributed by atoms with Gasteiger partial charge in [-0.1, -0.05) is 37.3 Å². The first-order valence-corrected chi connectivity index (χ1v) is 5.63. The highest BCUT2D eigenvalue weighted by Crippen LogP contribution is 2.08. The minimum absolute atomic E-state index is 0.0396. The van der Waals surface area contributed by atoms with E-state index in [1.54, 1.807) is 20.0 Å². The number of rotatable bonds is 5. The number of carbonyl (C=O) groups excluding carboxylic acids is 1. The highest BCUT2D eigenvalue weighted by atomic mass is 16.1. The molecule has 0 aromatic carbocycles. The quantitative estimate of drug-likeness (QED) is 0.573. The lowest BCUT2D eigenvalue weighted by Gasteiger charge is -2.02. The van der Waals surface area contributed by atoms with Gasteiger partial charge in [-0.25, -0.2) is 0 Å². The fraction of sp³-hybridized carbons (Fsp3) is 0.400. The van der Waals surface area contributed by atoms with Gasteiger partial charge in [-0.05, 0) is 25.8 Å². The molecule has 1 amide bonds. The number of allylic oxidation sites excluding steroid dienone is 4. The average molecular weight is 233 g/mol. The van der Waals surface area contributed by atoms with E-state index in [9.17, 15) is 4.79 Å². The first-order valence-electron chi connectivity index (χ1n) is 5.63. The summed E-state index contributed by atoms with van der Waals surface area (Å²) in [6, 6.07) is 0. The molecule has 0 heterocycles. The second-order valence-electron chi connectivity index (χ2n) is 3.42. The lowest BCUT2D eigenvalue weighted by molar-refractivity contribution is -0.119. The predicted octanol–water partition coefficient (Wildman–Crippen LogP) is 3.23. The molecule has 0 aliphatic rings. The van der Waals surface area contributed by atoms with E-state index in [0.717, 1.165) is 17.6 Å². The number of amides is 1. The van der Waals surface area contributed by atoms with Crippen LogP contribution >= 0.6 is 0 Å². The topological polar surface area (TPSA) is 29.1 Å². The highest BCUT2D eigenvalue weighted by molar-refractivity contribution is 5.78. The highest BCUT2D eigenvalue weighted by Gasteiger charge is 2.00. The summed E-state index contributed by atoms with van der Waals surface area (Å²) < 4.78 is 0. The number of carbonyl (C=O) groups is 1. The van der Waals surface area contributed by atoms with E-state index in [0.29, 0.717) is 6.42 Å². The Morgan fingerprint density at radius 3 is 2.41 bits per heavy atom. The summed E-state index contributed by atoms with van der Waals surface area (Å²) in [6.07, 6.45) is 11.8. The Morgan fingerprint density at radius 1 is 1.53 bits per heavy atom. The van der Waals surface area contributed by atoms with E-state index in [4.69, 9.17) is 0 Å². The van der Waals surface area contributed by atoms with Gasteiger partial charge in [0.25, 0.3) is 0 Å². The van der Waals surface area contributed by atoms with Gasteiger partial charge in [0.2, 0.25) is 5.91 Å². The zero-order valence-electron chi connectivity index (χ0n) is 11.3. The first-order chi connectivity index (χ1) is 8.05.